The Balaban J connectivity index is 0.000000531. The molecule has 1 aliphatic rings. The van der Waals surface area contributed by atoms with Gasteiger partial charge in [0.1, 0.15) is 5.75 Å². The van der Waals surface area contributed by atoms with Crippen LogP contribution in [0.3, 0.4) is 0 Å². The molecule has 15 heavy (non-hydrogen) atoms. The van der Waals surface area contributed by atoms with Gasteiger partial charge in [-0.25, -0.2) is 0 Å². The van der Waals surface area contributed by atoms with Gasteiger partial charge >= 0.3 is 0 Å². The number of hydrogen-bond acceptors (Lipinski definition) is 2. The second-order valence-corrected chi connectivity index (χ2v) is 3.28. The van der Waals surface area contributed by atoms with E-state index in [2.05, 4.69) is 19.1 Å². The molecule has 84 valence electrons. The molecule has 0 unspecified atom stereocenters. The Kier molecular flexibility index (Phi) is 4.63. The highest BCUT2D eigenvalue weighted by Crippen LogP contribution is 2.28. The maximum absolute atomic E-state index is 5.36. The number of ether oxygens (including phenoxy) is 2. The third kappa shape index (κ3) is 2.51. The van der Waals surface area contributed by atoms with Crippen molar-refractivity contribution in [1.29, 1.82) is 0 Å². The molecule has 2 nitrogen and oxygen atoms in total. The smallest absolute Gasteiger partial charge is 0.122 e. The molecule has 2 rings (SSSR count). The third-order valence-corrected chi connectivity index (χ3v) is 2.50. The summed E-state index contributed by atoms with van der Waals surface area (Å²) in [6.07, 6.45) is 1.01. The van der Waals surface area contributed by atoms with Crippen LogP contribution in [0.4, 0.5) is 0 Å². The van der Waals surface area contributed by atoms with Gasteiger partial charge < -0.3 is 9.47 Å². The lowest BCUT2D eigenvalue weighted by molar-refractivity contribution is 0.134. The molecule has 1 aliphatic heterocycles. The Morgan fingerprint density at radius 2 is 1.80 bits per heavy atom. The molecule has 1 aromatic carbocycles. The van der Waals surface area contributed by atoms with Gasteiger partial charge in [0.25, 0.3) is 0 Å². The van der Waals surface area contributed by atoms with E-state index in [0.29, 0.717) is 0 Å². The topological polar surface area (TPSA) is 18.5 Å². The summed E-state index contributed by atoms with van der Waals surface area (Å²) in [6.45, 7) is 7.63. The summed E-state index contributed by atoms with van der Waals surface area (Å²) in [7, 11) is 1.72. The van der Waals surface area contributed by atoms with E-state index < -0.39 is 0 Å². The maximum atomic E-state index is 5.36. The molecule has 0 aliphatic carbocycles. The highest BCUT2D eigenvalue weighted by molar-refractivity contribution is 5.43. The number of hydrogen-bond donors (Lipinski definition) is 0. The van der Waals surface area contributed by atoms with Crippen LogP contribution in [0.15, 0.2) is 12.1 Å². The van der Waals surface area contributed by atoms with Gasteiger partial charge in [-0.3, -0.25) is 0 Å². The zero-order valence-corrected chi connectivity index (χ0v) is 10.1. The Hall–Kier alpha value is -1.02. The summed E-state index contributed by atoms with van der Waals surface area (Å²) >= 11 is 0. The van der Waals surface area contributed by atoms with Crippen LogP contribution in [0.25, 0.3) is 0 Å². The van der Waals surface area contributed by atoms with E-state index in [1.807, 2.05) is 13.8 Å². The maximum Gasteiger partial charge on any atom is 0.122 e. The lowest BCUT2D eigenvalue weighted by atomic mass is 10.0. The van der Waals surface area contributed by atoms with E-state index in [4.69, 9.17) is 9.47 Å². The fraction of sp³-hybridized carbons (Fsp3) is 0.538. The minimum absolute atomic E-state index is 0.732. The molecule has 1 aromatic rings. The Morgan fingerprint density at radius 1 is 1.20 bits per heavy atom. The lowest BCUT2D eigenvalue weighted by Gasteiger charge is -2.08. The first kappa shape index (κ1) is 12.1. The van der Waals surface area contributed by atoms with Gasteiger partial charge in [-0.05, 0) is 35.2 Å². The molecule has 0 saturated carbocycles. The zero-order chi connectivity index (χ0) is 11.3. The Bertz CT molecular complexity index is 288. The van der Waals surface area contributed by atoms with Crippen LogP contribution in [-0.2, 0) is 24.4 Å². The summed E-state index contributed by atoms with van der Waals surface area (Å²) in [5.74, 6) is 0.992. The summed E-state index contributed by atoms with van der Waals surface area (Å²) in [5.41, 5.74) is 3.86. The van der Waals surface area contributed by atoms with Crippen LogP contribution in [0.2, 0.25) is 0 Å². The molecular weight excluding hydrogens is 188 g/mol. The van der Waals surface area contributed by atoms with E-state index >= 15 is 0 Å². The van der Waals surface area contributed by atoms with Crippen molar-refractivity contribution in [3.63, 3.8) is 0 Å². The van der Waals surface area contributed by atoms with Crippen molar-refractivity contribution >= 4 is 0 Å². The average molecular weight is 208 g/mol. The van der Waals surface area contributed by atoms with Crippen LogP contribution >= 0.6 is 0 Å². The minimum Gasteiger partial charge on any atom is -0.496 e. The standard InChI is InChI=1S/C11H14O2.C2H6/c1-3-8-4-9-6-13-7-10(9)5-11(8)12-2;1-2/h4-5H,3,6-7H2,1-2H3;1-2H3. The van der Waals surface area contributed by atoms with Crippen molar-refractivity contribution in [2.75, 3.05) is 7.11 Å². The number of rotatable bonds is 2. The summed E-state index contributed by atoms with van der Waals surface area (Å²) in [6, 6.07) is 4.29. The summed E-state index contributed by atoms with van der Waals surface area (Å²) in [5, 5.41) is 0. The van der Waals surface area contributed by atoms with Crippen LogP contribution in [0, 0.1) is 0 Å². The van der Waals surface area contributed by atoms with Crippen molar-refractivity contribution in [3.05, 3.63) is 28.8 Å². The molecule has 0 radical (unpaired) electrons. The highest BCUT2D eigenvalue weighted by Gasteiger charge is 2.14. The largest absolute Gasteiger partial charge is 0.496 e. The van der Waals surface area contributed by atoms with Gasteiger partial charge in [0.2, 0.25) is 0 Å². The fourth-order valence-electron chi connectivity index (χ4n) is 1.72. The van der Waals surface area contributed by atoms with Crippen LogP contribution in [-0.4, -0.2) is 7.11 Å². The second-order valence-electron chi connectivity index (χ2n) is 3.28. The molecule has 0 spiro atoms. The minimum atomic E-state index is 0.732. The SMILES string of the molecule is CC.CCc1cc2c(cc1OC)COC2. The molecule has 0 N–H and O–H groups in total. The molecular formula is C13H20O2. The fourth-order valence-corrected chi connectivity index (χ4v) is 1.72. The molecule has 1 heterocycles. The molecule has 2 heteroatoms. The lowest BCUT2D eigenvalue weighted by Crippen LogP contribution is -1.93. The van der Waals surface area contributed by atoms with Gasteiger partial charge in [0.05, 0.1) is 20.3 Å². The van der Waals surface area contributed by atoms with Crippen LogP contribution in [0.1, 0.15) is 37.5 Å². The highest BCUT2D eigenvalue weighted by atomic mass is 16.5. The molecule has 0 aromatic heterocycles. The first-order valence-electron chi connectivity index (χ1n) is 5.61. The number of fused-ring (bicyclic) bond motifs is 1. The normalized spacial score (nSPS) is 12.8. The van der Waals surface area contributed by atoms with E-state index in [1.165, 1.54) is 16.7 Å². The predicted octanol–water partition coefficient (Wildman–Crippen LogP) is 3.31. The Morgan fingerprint density at radius 3 is 2.33 bits per heavy atom. The summed E-state index contributed by atoms with van der Waals surface area (Å²) in [4.78, 5) is 0. The van der Waals surface area contributed by atoms with Crippen molar-refractivity contribution in [1.82, 2.24) is 0 Å². The molecule has 0 saturated heterocycles. The van der Waals surface area contributed by atoms with E-state index in [9.17, 15) is 0 Å². The number of methoxy groups -OCH3 is 1. The van der Waals surface area contributed by atoms with Crippen molar-refractivity contribution in [2.24, 2.45) is 0 Å². The second kappa shape index (κ2) is 5.76. The third-order valence-electron chi connectivity index (χ3n) is 2.50. The van der Waals surface area contributed by atoms with Crippen molar-refractivity contribution in [2.45, 2.75) is 40.4 Å². The predicted molar refractivity (Wildman–Crippen MR) is 62.2 cm³/mol. The average Bonchev–Trinajstić information content (AvgIpc) is 2.76. The quantitative estimate of drug-likeness (QED) is 0.742. The van der Waals surface area contributed by atoms with Gasteiger partial charge in [0, 0.05) is 0 Å². The zero-order valence-electron chi connectivity index (χ0n) is 10.1. The first-order chi connectivity index (χ1) is 7.35. The van der Waals surface area contributed by atoms with E-state index in [-0.39, 0.29) is 0 Å². The van der Waals surface area contributed by atoms with Crippen LogP contribution in [0.5, 0.6) is 5.75 Å². The number of benzene rings is 1. The van der Waals surface area contributed by atoms with Gasteiger partial charge in [-0.2, -0.15) is 0 Å². The molecule has 0 bridgehead atoms. The van der Waals surface area contributed by atoms with Gasteiger partial charge in [0.15, 0.2) is 0 Å². The van der Waals surface area contributed by atoms with E-state index in [1.54, 1.807) is 7.11 Å². The molecule has 0 atom stereocenters. The van der Waals surface area contributed by atoms with Gasteiger partial charge in [-0.15, -0.1) is 0 Å². The monoisotopic (exact) mass is 208 g/mol. The molecule has 0 fully saturated rings. The van der Waals surface area contributed by atoms with Crippen LogP contribution < -0.4 is 4.74 Å². The van der Waals surface area contributed by atoms with Crippen molar-refractivity contribution < 1.29 is 9.47 Å². The van der Waals surface area contributed by atoms with Crippen molar-refractivity contribution in [3.8, 4) is 5.75 Å². The van der Waals surface area contributed by atoms with Gasteiger partial charge in [-0.1, -0.05) is 20.8 Å². The summed E-state index contributed by atoms with van der Waals surface area (Å²) < 4.78 is 10.7. The molecule has 0 amide bonds. The first-order valence-corrected chi connectivity index (χ1v) is 5.61. The number of aryl methyl sites for hydroxylation is 1. The Labute approximate surface area is 92.2 Å². The van der Waals surface area contributed by atoms with E-state index in [0.717, 1.165) is 25.4 Å².